The maximum Gasteiger partial charge on any atom is 0.338 e. The first-order valence-electron chi connectivity index (χ1n) is 7.60. The van der Waals surface area contributed by atoms with Gasteiger partial charge in [0.15, 0.2) is 0 Å². The second-order valence-electron chi connectivity index (χ2n) is 5.59. The summed E-state index contributed by atoms with van der Waals surface area (Å²) < 4.78 is 5.19. The lowest BCUT2D eigenvalue weighted by molar-refractivity contribution is -0.139. The minimum absolute atomic E-state index is 0.0772. The topological polar surface area (TPSA) is 58.6 Å². The van der Waals surface area contributed by atoms with E-state index in [4.69, 9.17) is 16.3 Å². The Bertz CT molecular complexity index is 655. The molecule has 0 fully saturated rings. The van der Waals surface area contributed by atoms with Gasteiger partial charge in [0, 0.05) is 16.8 Å². The number of carbonyl (C=O) groups is 2. The molecule has 0 saturated heterocycles. The number of nitrogens with zero attached hydrogens (tertiary/aromatic N) is 1. The summed E-state index contributed by atoms with van der Waals surface area (Å²) in [6, 6.07) is 6.20. The Balaban J connectivity index is 2.59. The van der Waals surface area contributed by atoms with Gasteiger partial charge >= 0.3 is 12.0 Å². The third kappa shape index (κ3) is 3.34. The molecule has 0 radical (unpaired) electrons. The number of hydrogen-bond acceptors (Lipinski definition) is 3. The predicted octanol–water partition coefficient (Wildman–Crippen LogP) is 3.65. The molecule has 23 heavy (non-hydrogen) atoms. The van der Waals surface area contributed by atoms with Crippen LogP contribution in [-0.2, 0) is 9.53 Å². The van der Waals surface area contributed by atoms with E-state index in [1.54, 1.807) is 36.9 Å². The van der Waals surface area contributed by atoms with Gasteiger partial charge in [-0.1, -0.05) is 29.8 Å². The Kier molecular flexibility index (Phi) is 5.31. The largest absolute Gasteiger partial charge is 0.463 e. The fourth-order valence-electron chi connectivity index (χ4n) is 2.79. The van der Waals surface area contributed by atoms with Crippen LogP contribution in [0.1, 0.15) is 39.3 Å². The fraction of sp³-hybridized carbons (Fsp3) is 0.412. The average molecular weight is 337 g/mol. The van der Waals surface area contributed by atoms with Crippen molar-refractivity contribution >= 4 is 23.6 Å². The van der Waals surface area contributed by atoms with E-state index in [0.717, 1.165) is 0 Å². The van der Waals surface area contributed by atoms with E-state index < -0.39 is 12.0 Å². The summed E-state index contributed by atoms with van der Waals surface area (Å²) >= 11 is 6.26. The molecular formula is C17H21ClN2O3. The van der Waals surface area contributed by atoms with Crippen molar-refractivity contribution in [2.45, 2.75) is 39.8 Å². The van der Waals surface area contributed by atoms with Gasteiger partial charge in [-0.2, -0.15) is 0 Å². The second-order valence-corrected chi connectivity index (χ2v) is 5.99. The SMILES string of the molecule is CCOC(=O)C1=C(C)N(C(C)C)C(=O)N[C@@H]1c1ccccc1Cl. The van der Waals surface area contributed by atoms with E-state index in [1.807, 2.05) is 19.9 Å². The van der Waals surface area contributed by atoms with Crippen LogP contribution in [0.4, 0.5) is 4.79 Å². The van der Waals surface area contributed by atoms with E-state index >= 15 is 0 Å². The maximum absolute atomic E-state index is 12.5. The highest BCUT2D eigenvalue weighted by Gasteiger charge is 2.37. The smallest absolute Gasteiger partial charge is 0.338 e. The number of amides is 2. The summed E-state index contributed by atoms with van der Waals surface area (Å²) in [4.78, 5) is 26.5. The molecule has 1 N–H and O–H groups in total. The monoisotopic (exact) mass is 336 g/mol. The van der Waals surface area contributed by atoms with Crippen LogP contribution in [0.5, 0.6) is 0 Å². The van der Waals surface area contributed by atoms with Crippen LogP contribution in [-0.4, -0.2) is 29.5 Å². The summed E-state index contributed by atoms with van der Waals surface area (Å²) in [7, 11) is 0. The number of hydrogen-bond donors (Lipinski definition) is 1. The van der Waals surface area contributed by atoms with E-state index in [1.165, 1.54) is 0 Å². The van der Waals surface area contributed by atoms with Gasteiger partial charge in [0.2, 0.25) is 0 Å². The van der Waals surface area contributed by atoms with Crippen LogP contribution in [0.25, 0.3) is 0 Å². The first-order chi connectivity index (χ1) is 10.9. The van der Waals surface area contributed by atoms with Gasteiger partial charge in [-0.3, -0.25) is 4.90 Å². The Labute approximate surface area is 141 Å². The van der Waals surface area contributed by atoms with Gasteiger partial charge in [-0.25, -0.2) is 9.59 Å². The predicted molar refractivity (Wildman–Crippen MR) is 89.0 cm³/mol. The summed E-state index contributed by atoms with van der Waals surface area (Å²) in [6.45, 7) is 7.55. The van der Waals surface area contributed by atoms with Crippen molar-refractivity contribution in [3.63, 3.8) is 0 Å². The van der Waals surface area contributed by atoms with Crippen molar-refractivity contribution in [1.29, 1.82) is 0 Å². The Morgan fingerprint density at radius 3 is 2.61 bits per heavy atom. The Hall–Kier alpha value is -2.01. The van der Waals surface area contributed by atoms with Crippen molar-refractivity contribution in [2.75, 3.05) is 6.61 Å². The highest BCUT2D eigenvalue weighted by Crippen LogP contribution is 2.35. The lowest BCUT2D eigenvalue weighted by atomic mass is 9.94. The molecule has 2 amide bonds. The molecule has 0 aliphatic carbocycles. The highest BCUT2D eigenvalue weighted by atomic mass is 35.5. The van der Waals surface area contributed by atoms with Crippen LogP contribution in [0, 0.1) is 0 Å². The summed E-state index contributed by atoms with van der Waals surface area (Å²) in [5, 5.41) is 3.36. The lowest BCUT2D eigenvalue weighted by Gasteiger charge is -2.37. The number of carbonyl (C=O) groups excluding carboxylic acids is 2. The second kappa shape index (κ2) is 7.04. The van der Waals surface area contributed by atoms with Crippen molar-refractivity contribution in [3.8, 4) is 0 Å². The average Bonchev–Trinajstić information content (AvgIpc) is 2.46. The zero-order valence-electron chi connectivity index (χ0n) is 13.7. The molecule has 1 aliphatic heterocycles. The van der Waals surface area contributed by atoms with E-state index in [9.17, 15) is 9.59 Å². The lowest BCUT2D eigenvalue weighted by Crippen LogP contribution is -2.50. The highest BCUT2D eigenvalue weighted by molar-refractivity contribution is 6.31. The molecule has 1 atom stereocenters. The Morgan fingerprint density at radius 2 is 2.04 bits per heavy atom. The van der Waals surface area contributed by atoms with Crippen molar-refractivity contribution in [3.05, 3.63) is 46.1 Å². The third-order valence-electron chi connectivity index (χ3n) is 3.75. The van der Waals surface area contributed by atoms with Gasteiger partial charge in [0.05, 0.1) is 18.2 Å². The first kappa shape index (κ1) is 17.3. The molecule has 6 heteroatoms. The number of halogens is 1. The molecule has 0 saturated carbocycles. The molecule has 1 heterocycles. The van der Waals surface area contributed by atoms with Crippen LogP contribution in [0.3, 0.4) is 0 Å². The zero-order valence-corrected chi connectivity index (χ0v) is 14.5. The summed E-state index contributed by atoms with van der Waals surface area (Å²) in [6.07, 6.45) is 0. The molecular weight excluding hydrogens is 316 g/mol. The molecule has 2 rings (SSSR count). The van der Waals surface area contributed by atoms with Crippen LogP contribution < -0.4 is 5.32 Å². The molecule has 1 aliphatic rings. The molecule has 1 aromatic rings. The molecule has 0 spiro atoms. The van der Waals surface area contributed by atoms with Crippen LogP contribution >= 0.6 is 11.6 Å². The zero-order chi connectivity index (χ0) is 17.1. The van der Waals surface area contributed by atoms with E-state index in [0.29, 0.717) is 21.9 Å². The molecule has 0 unspecified atom stereocenters. The number of esters is 1. The van der Waals surface area contributed by atoms with E-state index in [2.05, 4.69) is 5.32 Å². The molecule has 0 aromatic heterocycles. The van der Waals surface area contributed by atoms with E-state index in [-0.39, 0.29) is 18.7 Å². The van der Waals surface area contributed by atoms with Gasteiger partial charge in [-0.05, 0) is 39.3 Å². The molecule has 124 valence electrons. The number of allylic oxidation sites excluding steroid dienone is 1. The normalized spacial score (nSPS) is 18.3. The fourth-order valence-corrected chi connectivity index (χ4v) is 3.04. The number of rotatable bonds is 4. The quantitative estimate of drug-likeness (QED) is 0.854. The molecule has 1 aromatic carbocycles. The van der Waals surface area contributed by atoms with Gasteiger partial charge < -0.3 is 10.1 Å². The number of urea groups is 1. The van der Waals surface area contributed by atoms with Crippen LogP contribution in [0.15, 0.2) is 35.5 Å². The minimum atomic E-state index is -0.620. The van der Waals surface area contributed by atoms with Crippen molar-refractivity contribution in [1.82, 2.24) is 10.2 Å². The number of benzene rings is 1. The minimum Gasteiger partial charge on any atom is -0.463 e. The first-order valence-corrected chi connectivity index (χ1v) is 7.98. The summed E-state index contributed by atoms with van der Waals surface area (Å²) in [5.41, 5.74) is 1.67. The summed E-state index contributed by atoms with van der Waals surface area (Å²) in [5.74, 6) is -0.444. The number of ether oxygens (including phenoxy) is 1. The molecule has 5 nitrogen and oxygen atoms in total. The van der Waals surface area contributed by atoms with Crippen molar-refractivity contribution in [2.24, 2.45) is 0 Å². The standard InChI is InChI=1S/C17H21ClN2O3/c1-5-23-16(21)14-11(4)20(10(2)3)17(22)19-15(14)12-8-6-7-9-13(12)18/h6-10,15H,5H2,1-4H3,(H,19,22)/t15-/m1/s1. The number of nitrogens with one attached hydrogen (secondary N) is 1. The third-order valence-corrected chi connectivity index (χ3v) is 4.10. The maximum atomic E-state index is 12.5. The van der Waals surface area contributed by atoms with Gasteiger partial charge in [-0.15, -0.1) is 0 Å². The van der Waals surface area contributed by atoms with Crippen molar-refractivity contribution < 1.29 is 14.3 Å². The van der Waals surface area contributed by atoms with Gasteiger partial charge in [0.25, 0.3) is 0 Å². The van der Waals surface area contributed by atoms with Gasteiger partial charge in [0.1, 0.15) is 0 Å². The Morgan fingerprint density at radius 1 is 1.39 bits per heavy atom. The van der Waals surface area contributed by atoms with Crippen LogP contribution in [0.2, 0.25) is 5.02 Å². The molecule has 0 bridgehead atoms.